The molecule has 0 radical (unpaired) electrons. The van der Waals surface area contributed by atoms with Crippen LogP contribution < -0.4 is 5.43 Å². The third kappa shape index (κ3) is 3.40. The number of hydrogen-bond donors (Lipinski definition) is 2. The van der Waals surface area contributed by atoms with E-state index in [2.05, 4.69) is 10.5 Å². The second-order valence-corrected chi connectivity index (χ2v) is 5.28. The zero-order valence-electron chi connectivity index (χ0n) is 12.7. The quantitative estimate of drug-likeness (QED) is 0.575. The Morgan fingerprint density at radius 2 is 2.00 bits per heavy atom. The van der Waals surface area contributed by atoms with Gasteiger partial charge in [0.2, 0.25) is 0 Å². The van der Waals surface area contributed by atoms with E-state index in [0.717, 1.165) is 16.5 Å². The van der Waals surface area contributed by atoms with Gasteiger partial charge in [0.1, 0.15) is 12.3 Å². The summed E-state index contributed by atoms with van der Waals surface area (Å²) in [4.78, 5) is 12.1. The predicted molar refractivity (Wildman–Crippen MR) is 90.4 cm³/mol. The second kappa shape index (κ2) is 6.36. The minimum Gasteiger partial charge on any atom is -0.508 e. The molecule has 0 aliphatic heterocycles. The fourth-order valence-corrected chi connectivity index (χ4v) is 2.41. The van der Waals surface area contributed by atoms with E-state index in [9.17, 15) is 9.90 Å². The van der Waals surface area contributed by atoms with Gasteiger partial charge in [-0.25, -0.2) is 5.43 Å². The Kier molecular flexibility index (Phi) is 4.10. The number of carbonyl (C=O) groups excluding carboxylic acids is 1. The van der Waals surface area contributed by atoms with E-state index >= 15 is 0 Å². The number of nitrogens with one attached hydrogen (secondary N) is 1. The summed E-state index contributed by atoms with van der Waals surface area (Å²) in [6.45, 7) is 1.98. The zero-order chi connectivity index (χ0) is 16.2. The molecule has 1 amide bonds. The zero-order valence-corrected chi connectivity index (χ0v) is 12.7. The average Bonchev–Trinajstić information content (AvgIpc) is 2.96. The molecule has 0 unspecified atom stereocenters. The summed E-state index contributed by atoms with van der Waals surface area (Å²) < 4.78 is 1.88. The molecule has 1 aromatic heterocycles. The van der Waals surface area contributed by atoms with Crippen LogP contribution in [0, 0.1) is 0 Å². The van der Waals surface area contributed by atoms with Gasteiger partial charge >= 0.3 is 0 Å². The number of aromatic nitrogens is 1. The van der Waals surface area contributed by atoms with Gasteiger partial charge < -0.3 is 9.67 Å². The minimum absolute atomic E-state index is 0.169. The summed E-state index contributed by atoms with van der Waals surface area (Å²) in [6, 6.07) is 16.6. The van der Waals surface area contributed by atoms with E-state index in [-0.39, 0.29) is 18.2 Å². The number of amides is 1. The van der Waals surface area contributed by atoms with Gasteiger partial charge in [-0.2, -0.15) is 5.10 Å². The fraction of sp³-hybridized carbons (Fsp3) is 0.111. The summed E-state index contributed by atoms with van der Waals surface area (Å²) in [5.74, 6) is -0.0342. The molecule has 0 fully saturated rings. The Morgan fingerprint density at radius 1 is 1.17 bits per heavy atom. The molecule has 2 aromatic carbocycles. The van der Waals surface area contributed by atoms with Crippen molar-refractivity contribution in [1.29, 1.82) is 0 Å². The van der Waals surface area contributed by atoms with E-state index in [1.165, 1.54) is 0 Å². The van der Waals surface area contributed by atoms with Crippen molar-refractivity contribution in [2.75, 3.05) is 0 Å². The van der Waals surface area contributed by atoms with E-state index in [4.69, 9.17) is 0 Å². The number of phenolic OH excluding ortho intramolecular Hbond substituents is 1. The van der Waals surface area contributed by atoms with E-state index in [1.54, 1.807) is 25.1 Å². The molecule has 23 heavy (non-hydrogen) atoms. The van der Waals surface area contributed by atoms with Gasteiger partial charge in [0.05, 0.1) is 5.71 Å². The lowest BCUT2D eigenvalue weighted by atomic mass is 10.1. The monoisotopic (exact) mass is 307 g/mol. The third-order valence-corrected chi connectivity index (χ3v) is 3.61. The Hall–Kier alpha value is -3.08. The van der Waals surface area contributed by atoms with Gasteiger partial charge in [0, 0.05) is 17.3 Å². The highest BCUT2D eigenvalue weighted by Gasteiger charge is 2.06. The number of para-hydroxylation sites is 1. The molecular weight excluding hydrogens is 290 g/mol. The maximum atomic E-state index is 12.1. The number of hydrogen-bond acceptors (Lipinski definition) is 3. The Labute approximate surface area is 133 Å². The largest absolute Gasteiger partial charge is 0.508 e. The lowest BCUT2D eigenvalue weighted by Gasteiger charge is -2.06. The summed E-state index contributed by atoms with van der Waals surface area (Å²) in [6.07, 6.45) is 1.88. The first-order valence-electron chi connectivity index (χ1n) is 7.30. The van der Waals surface area contributed by atoms with Crippen LogP contribution in [-0.4, -0.2) is 21.3 Å². The molecular formula is C18H17N3O2. The summed E-state index contributed by atoms with van der Waals surface area (Å²) >= 11 is 0. The van der Waals surface area contributed by atoms with Gasteiger partial charge in [-0.05, 0) is 36.6 Å². The molecule has 116 valence electrons. The van der Waals surface area contributed by atoms with Crippen molar-refractivity contribution >= 4 is 22.5 Å². The van der Waals surface area contributed by atoms with Crippen LogP contribution >= 0.6 is 0 Å². The summed E-state index contributed by atoms with van der Waals surface area (Å²) in [5.41, 5.74) is 4.95. The Bertz CT molecular complexity index is 881. The Morgan fingerprint density at radius 3 is 2.83 bits per heavy atom. The highest BCUT2D eigenvalue weighted by atomic mass is 16.3. The third-order valence-electron chi connectivity index (χ3n) is 3.61. The summed E-state index contributed by atoms with van der Waals surface area (Å²) in [5, 5.41) is 14.7. The fourth-order valence-electron chi connectivity index (χ4n) is 2.41. The number of hydrazone groups is 1. The SMILES string of the molecule is C/C(=N/NC(=O)Cn1ccc2ccccc21)c1cccc(O)c1. The number of aromatic hydroxyl groups is 1. The van der Waals surface area contributed by atoms with Crippen LogP contribution in [0.1, 0.15) is 12.5 Å². The van der Waals surface area contributed by atoms with Gasteiger partial charge in [-0.15, -0.1) is 0 Å². The van der Waals surface area contributed by atoms with Crippen LogP contribution in [0.4, 0.5) is 0 Å². The van der Waals surface area contributed by atoms with Crippen LogP contribution in [0.2, 0.25) is 0 Å². The van der Waals surface area contributed by atoms with Crippen LogP contribution in [0.5, 0.6) is 5.75 Å². The number of nitrogens with zero attached hydrogens (tertiary/aromatic N) is 2. The maximum absolute atomic E-state index is 12.1. The molecule has 3 rings (SSSR count). The van der Waals surface area contributed by atoms with Crippen LogP contribution in [-0.2, 0) is 11.3 Å². The van der Waals surface area contributed by atoms with Crippen LogP contribution in [0.3, 0.4) is 0 Å². The molecule has 0 aliphatic rings. The van der Waals surface area contributed by atoms with Crippen molar-refractivity contribution < 1.29 is 9.90 Å². The standard InChI is InChI=1S/C18H17N3O2/c1-13(15-6-4-7-16(22)11-15)19-20-18(23)12-21-10-9-14-5-2-3-8-17(14)21/h2-11,22H,12H2,1H3,(H,20,23)/b19-13-. The van der Waals surface area contributed by atoms with Crippen molar-refractivity contribution in [3.05, 3.63) is 66.4 Å². The predicted octanol–water partition coefficient (Wildman–Crippen LogP) is 2.89. The van der Waals surface area contributed by atoms with Gasteiger partial charge in [0.15, 0.2) is 0 Å². The van der Waals surface area contributed by atoms with Gasteiger partial charge in [0.25, 0.3) is 5.91 Å². The maximum Gasteiger partial charge on any atom is 0.259 e. The van der Waals surface area contributed by atoms with Gasteiger partial charge in [-0.1, -0.05) is 30.3 Å². The van der Waals surface area contributed by atoms with Crippen LogP contribution in [0.15, 0.2) is 65.9 Å². The Balaban J connectivity index is 1.69. The molecule has 2 N–H and O–H groups in total. The first kappa shape index (κ1) is 14.8. The average molecular weight is 307 g/mol. The lowest BCUT2D eigenvalue weighted by Crippen LogP contribution is -2.23. The first-order valence-corrected chi connectivity index (χ1v) is 7.30. The molecule has 0 spiro atoms. The van der Waals surface area contributed by atoms with E-state index in [0.29, 0.717) is 5.71 Å². The van der Waals surface area contributed by atoms with E-state index in [1.807, 2.05) is 47.2 Å². The normalized spacial score (nSPS) is 11.6. The molecule has 0 saturated heterocycles. The van der Waals surface area contributed by atoms with Crippen molar-refractivity contribution in [3.63, 3.8) is 0 Å². The number of rotatable bonds is 4. The van der Waals surface area contributed by atoms with Crippen molar-refractivity contribution in [3.8, 4) is 5.75 Å². The molecule has 3 aromatic rings. The number of benzene rings is 2. The summed E-state index contributed by atoms with van der Waals surface area (Å²) in [7, 11) is 0. The first-order chi connectivity index (χ1) is 11.1. The number of fused-ring (bicyclic) bond motifs is 1. The number of carbonyl (C=O) groups is 1. The molecule has 1 heterocycles. The molecule has 5 heteroatoms. The topological polar surface area (TPSA) is 66.6 Å². The van der Waals surface area contributed by atoms with Crippen LogP contribution in [0.25, 0.3) is 10.9 Å². The van der Waals surface area contributed by atoms with E-state index < -0.39 is 0 Å². The van der Waals surface area contributed by atoms with Crippen molar-refractivity contribution in [1.82, 2.24) is 9.99 Å². The second-order valence-electron chi connectivity index (χ2n) is 5.28. The molecule has 0 aliphatic carbocycles. The van der Waals surface area contributed by atoms with Gasteiger partial charge in [-0.3, -0.25) is 4.79 Å². The highest BCUT2D eigenvalue weighted by molar-refractivity contribution is 5.99. The highest BCUT2D eigenvalue weighted by Crippen LogP contribution is 2.14. The van der Waals surface area contributed by atoms with Crippen molar-refractivity contribution in [2.45, 2.75) is 13.5 Å². The number of phenols is 1. The lowest BCUT2D eigenvalue weighted by molar-refractivity contribution is -0.121. The van der Waals surface area contributed by atoms with Crippen molar-refractivity contribution in [2.24, 2.45) is 5.10 Å². The minimum atomic E-state index is -0.203. The smallest absolute Gasteiger partial charge is 0.259 e. The molecule has 0 bridgehead atoms. The molecule has 0 atom stereocenters. The molecule has 0 saturated carbocycles. The molecule has 5 nitrogen and oxygen atoms in total.